The van der Waals surface area contributed by atoms with E-state index in [-0.39, 0.29) is 5.69 Å². The van der Waals surface area contributed by atoms with Gasteiger partial charge >= 0.3 is 5.69 Å². The van der Waals surface area contributed by atoms with Crippen LogP contribution in [0.25, 0.3) is 0 Å². The van der Waals surface area contributed by atoms with Crippen LogP contribution < -0.4 is 10.4 Å². The molecule has 0 radical (unpaired) electrons. The van der Waals surface area contributed by atoms with E-state index in [0.717, 1.165) is 0 Å². The molecule has 0 atom stereocenters. The van der Waals surface area contributed by atoms with Gasteiger partial charge < -0.3 is 4.74 Å². The number of pyridine rings is 1. The molecule has 0 saturated carbocycles. The van der Waals surface area contributed by atoms with Crippen molar-refractivity contribution in [3.05, 3.63) is 28.4 Å². The fourth-order valence-corrected chi connectivity index (χ4v) is 1.51. The maximum atomic E-state index is 10.8. The van der Waals surface area contributed by atoms with Gasteiger partial charge in [-0.15, -0.1) is 0 Å². The monoisotopic (exact) mass is 224 g/mol. The highest BCUT2D eigenvalue weighted by Gasteiger charge is 2.21. The van der Waals surface area contributed by atoms with Crippen molar-refractivity contribution in [2.75, 3.05) is 31.3 Å². The van der Waals surface area contributed by atoms with Gasteiger partial charge in [-0.3, -0.25) is 15.1 Å². The maximum absolute atomic E-state index is 10.8. The lowest BCUT2D eigenvalue weighted by atomic mass is 10.4. The highest BCUT2D eigenvalue weighted by Crippen LogP contribution is 2.23. The van der Waals surface area contributed by atoms with Crippen LogP contribution in [0.4, 0.5) is 11.5 Å². The first-order valence-corrected chi connectivity index (χ1v) is 4.97. The minimum absolute atomic E-state index is 0.00287. The van der Waals surface area contributed by atoms with Crippen LogP contribution in [-0.2, 0) is 4.74 Å². The number of hydrazine groups is 1. The summed E-state index contributed by atoms with van der Waals surface area (Å²) in [6, 6.07) is 2.99. The Morgan fingerprint density at radius 1 is 1.56 bits per heavy atom. The lowest BCUT2D eigenvalue weighted by molar-refractivity contribution is -0.384. The van der Waals surface area contributed by atoms with E-state index in [4.69, 9.17) is 4.74 Å². The smallest absolute Gasteiger partial charge is 0.312 e. The van der Waals surface area contributed by atoms with Crippen LogP contribution in [-0.4, -0.2) is 36.2 Å². The highest BCUT2D eigenvalue weighted by atomic mass is 16.6. The molecule has 2 rings (SSSR count). The van der Waals surface area contributed by atoms with Crippen LogP contribution in [0.2, 0.25) is 0 Å². The minimum Gasteiger partial charge on any atom is -0.378 e. The molecule has 0 spiro atoms. The van der Waals surface area contributed by atoms with Crippen LogP contribution in [0, 0.1) is 10.1 Å². The molecule has 1 aliphatic heterocycles. The first kappa shape index (κ1) is 10.8. The van der Waals surface area contributed by atoms with Crippen molar-refractivity contribution in [3.63, 3.8) is 0 Å². The Balaban J connectivity index is 2.27. The van der Waals surface area contributed by atoms with Crippen LogP contribution in [0.3, 0.4) is 0 Å². The summed E-state index contributed by atoms with van der Waals surface area (Å²) in [6.45, 7) is 2.28. The average Bonchev–Trinajstić information content (AvgIpc) is 2.57. The van der Waals surface area contributed by atoms with Crippen LogP contribution >= 0.6 is 0 Å². The quantitative estimate of drug-likeness (QED) is 0.576. The fraction of sp³-hybridized carbons (Fsp3) is 0.444. The molecule has 1 aliphatic rings. The average molecular weight is 224 g/mol. The highest BCUT2D eigenvalue weighted by molar-refractivity contribution is 5.56. The summed E-state index contributed by atoms with van der Waals surface area (Å²) < 4.78 is 5.24. The summed E-state index contributed by atoms with van der Waals surface area (Å²) in [5, 5.41) is 12.5. The van der Waals surface area contributed by atoms with Crippen molar-refractivity contribution in [2.45, 2.75) is 0 Å². The van der Waals surface area contributed by atoms with Crippen molar-refractivity contribution >= 4 is 11.5 Å². The Morgan fingerprint density at radius 3 is 3.25 bits per heavy atom. The van der Waals surface area contributed by atoms with Gasteiger partial charge in [0.25, 0.3) is 0 Å². The molecule has 0 unspecified atom stereocenters. The van der Waals surface area contributed by atoms with Crippen LogP contribution in [0.15, 0.2) is 18.3 Å². The molecule has 0 aliphatic carbocycles. The third-order valence-corrected chi connectivity index (χ3v) is 2.23. The summed E-state index contributed by atoms with van der Waals surface area (Å²) in [4.78, 5) is 14.4. The lowest BCUT2D eigenvalue weighted by Crippen LogP contribution is -2.40. The Labute approximate surface area is 92.2 Å². The van der Waals surface area contributed by atoms with Crippen molar-refractivity contribution in [2.24, 2.45) is 0 Å². The minimum atomic E-state index is -0.435. The van der Waals surface area contributed by atoms with Crippen LogP contribution in [0.1, 0.15) is 0 Å². The van der Waals surface area contributed by atoms with Crippen molar-refractivity contribution in [3.8, 4) is 0 Å². The molecule has 1 aromatic rings. The summed E-state index contributed by atoms with van der Waals surface area (Å²) in [5.74, 6) is 0.331. The molecule has 2 heterocycles. The van der Waals surface area contributed by atoms with Crippen molar-refractivity contribution in [1.82, 2.24) is 10.4 Å². The molecule has 0 bridgehead atoms. The van der Waals surface area contributed by atoms with E-state index in [0.29, 0.717) is 32.1 Å². The van der Waals surface area contributed by atoms with E-state index >= 15 is 0 Å². The van der Waals surface area contributed by atoms with Gasteiger partial charge in [0.1, 0.15) is 0 Å². The standard InChI is InChI=1S/C9H12N4O3/c14-13(15)8-2-1-3-10-9(8)12-5-7-16-6-4-11-12/h1-3,11H,4-7H2. The third kappa shape index (κ3) is 2.26. The second-order valence-corrected chi connectivity index (χ2v) is 3.28. The van der Waals surface area contributed by atoms with Gasteiger partial charge in [0.15, 0.2) is 0 Å². The summed E-state index contributed by atoms with van der Waals surface area (Å²) in [5.41, 5.74) is 3.03. The Bertz CT molecular complexity index is 377. The molecular weight excluding hydrogens is 212 g/mol. The van der Waals surface area contributed by atoms with Crippen molar-refractivity contribution < 1.29 is 9.66 Å². The zero-order chi connectivity index (χ0) is 11.4. The molecule has 1 saturated heterocycles. The largest absolute Gasteiger partial charge is 0.378 e. The Kier molecular flexibility index (Phi) is 3.28. The zero-order valence-corrected chi connectivity index (χ0v) is 8.63. The number of nitrogens with zero attached hydrogens (tertiary/aromatic N) is 3. The zero-order valence-electron chi connectivity index (χ0n) is 8.63. The normalized spacial score (nSPS) is 16.9. The molecule has 1 N–H and O–H groups in total. The van der Waals surface area contributed by atoms with E-state index in [1.165, 1.54) is 12.3 Å². The fourth-order valence-electron chi connectivity index (χ4n) is 1.51. The van der Waals surface area contributed by atoms with Gasteiger partial charge in [0.2, 0.25) is 5.82 Å². The second-order valence-electron chi connectivity index (χ2n) is 3.28. The van der Waals surface area contributed by atoms with Crippen LogP contribution in [0.5, 0.6) is 0 Å². The van der Waals surface area contributed by atoms with E-state index in [1.807, 2.05) is 0 Å². The maximum Gasteiger partial charge on any atom is 0.312 e. The lowest BCUT2D eigenvalue weighted by Gasteiger charge is -2.20. The van der Waals surface area contributed by atoms with Gasteiger partial charge in [-0.25, -0.2) is 10.4 Å². The molecule has 7 nitrogen and oxygen atoms in total. The van der Waals surface area contributed by atoms with Gasteiger partial charge in [-0.05, 0) is 6.07 Å². The molecular formula is C9H12N4O3. The number of anilines is 1. The predicted molar refractivity (Wildman–Crippen MR) is 57.1 cm³/mol. The molecule has 1 fully saturated rings. The molecule has 7 heteroatoms. The van der Waals surface area contributed by atoms with Gasteiger partial charge in [0.05, 0.1) is 24.7 Å². The molecule has 0 amide bonds. The topological polar surface area (TPSA) is 80.5 Å². The van der Waals surface area contributed by atoms with E-state index in [9.17, 15) is 10.1 Å². The summed E-state index contributed by atoms with van der Waals surface area (Å²) in [6.07, 6.45) is 1.54. The van der Waals surface area contributed by atoms with Crippen molar-refractivity contribution in [1.29, 1.82) is 0 Å². The summed E-state index contributed by atoms with van der Waals surface area (Å²) in [7, 11) is 0. The first-order valence-electron chi connectivity index (χ1n) is 4.97. The number of ether oxygens (including phenoxy) is 1. The number of nitro groups is 1. The SMILES string of the molecule is O=[N+]([O-])c1cccnc1N1CCOCCN1. The van der Waals surface area contributed by atoms with E-state index in [1.54, 1.807) is 11.1 Å². The number of aromatic nitrogens is 1. The molecule has 1 aromatic heterocycles. The molecule has 16 heavy (non-hydrogen) atoms. The number of hydrogen-bond acceptors (Lipinski definition) is 6. The first-order chi connectivity index (χ1) is 7.79. The third-order valence-electron chi connectivity index (χ3n) is 2.23. The number of rotatable bonds is 2. The predicted octanol–water partition coefficient (Wildman–Crippen LogP) is 0.331. The number of hydrogen-bond donors (Lipinski definition) is 1. The van der Waals surface area contributed by atoms with E-state index in [2.05, 4.69) is 10.4 Å². The number of nitrogens with one attached hydrogen (secondary N) is 1. The second kappa shape index (κ2) is 4.86. The summed E-state index contributed by atoms with van der Waals surface area (Å²) >= 11 is 0. The van der Waals surface area contributed by atoms with Gasteiger partial charge in [-0.2, -0.15) is 0 Å². The molecule has 0 aromatic carbocycles. The Morgan fingerprint density at radius 2 is 2.44 bits per heavy atom. The Hall–Kier alpha value is -1.73. The molecule has 86 valence electrons. The van der Waals surface area contributed by atoms with Gasteiger partial charge in [-0.1, -0.05) is 0 Å². The van der Waals surface area contributed by atoms with Gasteiger partial charge in [0, 0.05) is 18.8 Å². The van der Waals surface area contributed by atoms with E-state index < -0.39 is 4.92 Å².